The Morgan fingerprint density at radius 2 is 2.05 bits per heavy atom. The van der Waals surface area contributed by atoms with E-state index >= 15 is 0 Å². The number of benzene rings is 1. The van der Waals surface area contributed by atoms with Crippen molar-refractivity contribution in [2.45, 2.75) is 57.2 Å². The molecule has 0 heterocycles. The van der Waals surface area contributed by atoms with Crippen molar-refractivity contribution in [2.75, 3.05) is 6.54 Å². The summed E-state index contributed by atoms with van der Waals surface area (Å²) in [5.41, 5.74) is 1.03. The number of aliphatic hydroxyl groups is 2. The van der Waals surface area contributed by atoms with Crippen LogP contribution in [0.4, 0.5) is 0 Å². The van der Waals surface area contributed by atoms with Crippen LogP contribution in [0.5, 0.6) is 0 Å². The lowest BCUT2D eigenvalue weighted by atomic mass is 9.82. The van der Waals surface area contributed by atoms with Gasteiger partial charge in [-0.1, -0.05) is 49.1 Å². The third-order valence-electron chi connectivity index (χ3n) is 4.19. The average molecular weight is 291 g/mol. The van der Waals surface area contributed by atoms with Crippen LogP contribution in [0.2, 0.25) is 0 Å². The monoisotopic (exact) mass is 291 g/mol. The summed E-state index contributed by atoms with van der Waals surface area (Å²) in [5.74, 6) is -0.189. The predicted octanol–water partition coefficient (Wildman–Crippen LogP) is 2.23. The molecule has 4 heteroatoms. The lowest BCUT2D eigenvalue weighted by Gasteiger charge is -2.31. The molecule has 4 nitrogen and oxygen atoms in total. The molecule has 1 unspecified atom stereocenters. The Labute approximate surface area is 126 Å². The van der Waals surface area contributed by atoms with Crippen LogP contribution < -0.4 is 5.32 Å². The molecule has 21 heavy (non-hydrogen) atoms. The van der Waals surface area contributed by atoms with Crippen LogP contribution in [-0.2, 0) is 4.79 Å². The van der Waals surface area contributed by atoms with Gasteiger partial charge in [-0.25, -0.2) is 0 Å². The molecule has 1 amide bonds. The number of amides is 1. The zero-order chi connectivity index (χ0) is 15.3. The number of hydrogen-bond acceptors (Lipinski definition) is 3. The molecule has 3 N–H and O–H groups in total. The maximum atomic E-state index is 11.9. The second-order valence-corrected chi connectivity index (χ2v) is 6.20. The van der Waals surface area contributed by atoms with Crippen molar-refractivity contribution in [2.24, 2.45) is 0 Å². The molecule has 1 saturated carbocycles. The smallest absolute Gasteiger partial charge is 0.222 e. The second-order valence-electron chi connectivity index (χ2n) is 6.20. The van der Waals surface area contributed by atoms with E-state index in [4.69, 9.17) is 0 Å². The Morgan fingerprint density at radius 3 is 2.71 bits per heavy atom. The van der Waals surface area contributed by atoms with E-state index in [9.17, 15) is 15.0 Å². The van der Waals surface area contributed by atoms with E-state index in [-0.39, 0.29) is 18.9 Å². The Morgan fingerprint density at radius 1 is 1.33 bits per heavy atom. The highest BCUT2D eigenvalue weighted by atomic mass is 16.3. The molecule has 0 saturated heterocycles. The van der Waals surface area contributed by atoms with Crippen LogP contribution in [0.1, 0.15) is 55.8 Å². The van der Waals surface area contributed by atoms with Gasteiger partial charge in [0, 0.05) is 6.54 Å². The molecular formula is C17H25NO3. The lowest BCUT2D eigenvalue weighted by molar-refractivity contribution is -0.127. The molecule has 1 aromatic carbocycles. The Kier molecular flexibility index (Phi) is 5.37. The van der Waals surface area contributed by atoms with Gasteiger partial charge < -0.3 is 15.5 Å². The molecule has 0 bridgehead atoms. The van der Waals surface area contributed by atoms with E-state index in [1.54, 1.807) is 0 Å². The standard InChI is InChI=1S/C17H25NO3/c1-13-6-5-7-14(10-13)15(19)12-18-16(20)11-17(21)8-3-2-4-9-17/h5-7,10,15,19,21H,2-4,8-9,11-12H2,1H3,(H,18,20). The molecule has 0 radical (unpaired) electrons. The first-order valence-electron chi connectivity index (χ1n) is 7.72. The fraction of sp³-hybridized carbons (Fsp3) is 0.588. The number of hydrogen-bond donors (Lipinski definition) is 3. The SMILES string of the molecule is Cc1cccc(C(O)CNC(=O)CC2(O)CCCCC2)c1. The summed E-state index contributed by atoms with van der Waals surface area (Å²) in [5, 5.41) is 23.1. The minimum Gasteiger partial charge on any atom is -0.389 e. The van der Waals surface area contributed by atoms with E-state index in [1.165, 1.54) is 0 Å². The first-order chi connectivity index (χ1) is 9.98. The molecule has 0 spiro atoms. The number of rotatable bonds is 5. The van der Waals surface area contributed by atoms with Crippen LogP contribution in [0, 0.1) is 6.92 Å². The summed E-state index contributed by atoms with van der Waals surface area (Å²) in [6.07, 6.45) is 3.91. The van der Waals surface area contributed by atoms with Crippen LogP contribution in [-0.4, -0.2) is 28.3 Å². The molecule has 1 aliphatic carbocycles. The maximum Gasteiger partial charge on any atom is 0.222 e. The highest BCUT2D eigenvalue weighted by Crippen LogP contribution is 2.30. The van der Waals surface area contributed by atoms with Gasteiger partial charge in [0.05, 0.1) is 18.1 Å². The molecular weight excluding hydrogens is 266 g/mol. The van der Waals surface area contributed by atoms with Gasteiger partial charge in [-0.15, -0.1) is 0 Å². The topological polar surface area (TPSA) is 69.6 Å². The molecule has 0 aliphatic heterocycles. The lowest BCUT2D eigenvalue weighted by Crippen LogP contribution is -2.39. The zero-order valence-corrected chi connectivity index (χ0v) is 12.6. The van der Waals surface area contributed by atoms with Crippen LogP contribution in [0.3, 0.4) is 0 Å². The van der Waals surface area contributed by atoms with Gasteiger partial charge in [0.15, 0.2) is 0 Å². The van der Waals surface area contributed by atoms with E-state index in [0.29, 0.717) is 12.8 Å². The van der Waals surface area contributed by atoms with E-state index in [2.05, 4.69) is 5.32 Å². The van der Waals surface area contributed by atoms with Gasteiger partial charge >= 0.3 is 0 Å². The van der Waals surface area contributed by atoms with Gasteiger partial charge in [-0.3, -0.25) is 4.79 Å². The summed E-state index contributed by atoms with van der Waals surface area (Å²) in [6, 6.07) is 7.61. The molecule has 0 aromatic heterocycles. The van der Waals surface area contributed by atoms with Crippen molar-refractivity contribution in [1.82, 2.24) is 5.32 Å². The molecule has 1 aliphatic rings. The third-order valence-corrected chi connectivity index (χ3v) is 4.19. The minimum absolute atomic E-state index is 0.132. The predicted molar refractivity (Wildman–Crippen MR) is 81.8 cm³/mol. The fourth-order valence-electron chi connectivity index (χ4n) is 2.95. The van der Waals surface area contributed by atoms with Gasteiger partial charge in [0.2, 0.25) is 5.91 Å². The average Bonchev–Trinajstić information content (AvgIpc) is 2.45. The van der Waals surface area contributed by atoms with Crippen LogP contribution >= 0.6 is 0 Å². The van der Waals surface area contributed by atoms with Gasteiger partial charge in [-0.2, -0.15) is 0 Å². The molecule has 1 aromatic rings. The largest absolute Gasteiger partial charge is 0.389 e. The van der Waals surface area contributed by atoms with Gasteiger partial charge in [0.25, 0.3) is 0 Å². The van der Waals surface area contributed by atoms with Crippen molar-refractivity contribution in [3.05, 3.63) is 35.4 Å². The van der Waals surface area contributed by atoms with E-state index in [1.807, 2.05) is 31.2 Å². The Hall–Kier alpha value is -1.39. The quantitative estimate of drug-likeness (QED) is 0.779. The van der Waals surface area contributed by atoms with Crippen molar-refractivity contribution in [3.8, 4) is 0 Å². The summed E-state index contributed by atoms with van der Waals surface area (Å²) < 4.78 is 0. The number of nitrogens with one attached hydrogen (secondary N) is 1. The number of aryl methyl sites for hydroxylation is 1. The Bertz CT molecular complexity index is 481. The summed E-state index contributed by atoms with van der Waals surface area (Å²) in [7, 11) is 0. The molecule has 2 rings (SSSR count). The fourth-order valence-corrected chi connectivity index (χ4v) is 2.95. The minimum atomic E-state index is -0.851. The number of carbonyl (C=O) groups is 1. The number of aliphatic hydroxyl groups excluding tert-OH is 1. The number of carbonyl (C=O) groups excluding carboxylic acids is 1. The summed E-state index contributed by atoms with van der Waals surface area (Å²) in [4.78, 5) is 11.9. The second kappa shape index (κ2) is 7.05. The highest BCUT2D eigenvalue weighted by molar-refractivity contribution is 5.77. The molecule has 116 valence electrons. The third kappa shape index (κ3) is 4.83. The van der Waals surface area contributed by atoms with Gasteiger partial charge in [0.1, 0.15) is 0 Å². The van der Waals surface area contributed by atoms with Crippen LogP contribution in [0.25, 0.3) is 0 Å². The normalized spacial score (nSPS) is 19.0. The summed E-state index contributed by atoms with van der Waals surface area (Å²) in [6.45, 7) is 2.14. The van der Waals surface area contributed by atoms with Crippen molar-refractivity contribution in [3.63, 3.8) is 0 Å². The summed E-state index contributed by atoms with van der Waals surface area (Å²) >= 11 is 0. The van der Waals surface area contributed by atoms with E-state index < -0.39 is 11.7 Å². The van der Waals surface area contributed by atoms with Crippen LogP contribution in [0.15, 0.2) is 24.3 Å². The van der Waals surface area contributed by atoms with E-state index in [0.717, 1.165) is 30.4 Å². The first-order valence-corrected chi connectivity index (χ1v) is 7.72. The zero-order valence-electron chi connectivity index (χ0n) is 12.6. The van der Waals surface area contributed by atoms with Crippen molar-refractivity contribution < 1.29 is 15.0 Å². The van der Waals surface area contributed by atoms with Gasteiger partial charge in [-0.05, 0) is 25.3 Å². The first kappa shape index (κ1) is 16.0. The maximum absolute atomic E-state index is 11.9. The molecule has 1 fully saturated rings. The highest BCUT2D eigenvalue weighted by Gasteiger charge is 2.31. The van der Waals surface area contributed by atoms with Crippen molar-refractivity contribution in [1.29, 1.82) is 0 Å². The Balaban J connectivity index is 1.80. The molecule has 1 atom stereocenters. The van der Waals surface area contributed by atoms with Crippen molar-refractivity contribution >= 4 is 5.91 Å².